The number of nitrogen functional groups attached to an aromatic ring is 3. The standard InChI is InChI=1S/C18H18N3P/c19-13-1-7-16(8-2-13)22(17-9-3-14(20)4-10-17)18-11-5-15(21)6-12-18/h1-12H,19-21H2. The second-order valence-corrected chi connectivity index (χ2v) is 7.33. The van der Waals surface area contributed by atoms with Crippen LogP contribution in [0, 0.1) is 0 Å². The van der Waals surface area contributed by atoms with Crippen LogP contribution in [0.4, 0.5) is 17.1 Å². The monoisotopic (exact) mass is 307 g/mol. The number of rotatable bonds is 3. The van der Waals surface area contributed by atoms with Gasteiger partial charge in [-0.25, -0.2) is 0 Å². The van der Waals surface area contributed by atoms with Gasteiger partial charge in [0.05, 0.1) is 0 Å². The van der Waals surface area contributed by atoms with Gasteiger partial charge in [-0.05, 0) is 60.2 Å². The van der Waals surface area contributed by atoms with Crippen molar-refractivity contribution in [3.05, 3.63) is 72.8 Å². The maximum absolute atomic E-state index is 5.82. The summed E-state index contributed by atoms with van der Waals surface area (Å²) in [6, 6.07) is 24.2. The van der Waals surface area contributed by atoms with Gasteiger partial charge in [-0.3, -0.25) is 0 Å². The molecule has 0 saturated heterocycles. The summed E-state index contributed by atoms with van der Waals surface area (Å²) in [6.07, 6.45) is 0. The van der Waals surface area contributed by atoms with E-state index in [1.165, 1.54) is 15.9 Å². The molecule has 0 aromatic heterocycles. The van der Waals surface area contributed by atoms with Crippen LogP contribution in [0.15, 0.2) is 72.8 Å². The van der Waals surface area contributed by atoms with Gasteiger partial charge in [0.1, 0.15) is 0 Å². The summed E-state index contributed by atoms with van der Waals surface area (Å²) < 4.78 is 0. The number of nitrogens with two attached hydrogens (primary N) is 3. The number of hydrogen-bond acceptors (Lipinski definition) is 3. The van der Waals surface area contributed by atoms with E-state index < -0.39 is 7.92 Å². The van der Waals surface area contributed by atoms with Crippen LogP contribution in [-0.4, -0.2) is 0 Å². The lowest BCUT2D eigenvalue weighted by Gasteiger charge is -2.19. The van der Waals surface area contributed by atoms with Gasteiger partial charge in [-0.15, -0.1) is 0 Å². The van der Waals surface area contributed by atoms with E-state index >= 15 is 0 Å². The van der Waals surface area contributed by atoms with E-state index in [9.17, 15) is 0 Å². The molecule has 0 spiro atoms. The van der Waals surface area contributed by atoms with Gasteiger partial charge < -0.3 is 17.2 Å². The van der Waals surface area contributed by atoms with E-state index in [0.717, 1.165) is 17.1 Å². The molecule has 0 bridgehead atoms. The lowest BCUT2D eigenvalue weighted by molar-refractivity contribution is 1.70. The van der Waals surface area contributed by atoms with Gasteiger partial charge in [0.2, 0.25) is 0 Å². The molecule has 0 saturated carbocycles. The van der Waals surface area contributed by atoms with Crippen LogP contribution in [0.5, 0.6) is 0 Å². The van der Waals surface area contributed by atoms with Crippen molar-refractivity contribution in [1.82, 2.24) is 0 Å². The predicted molar refractivity (Wildman–Crippen MR) is 98.4 cm³/mol. The molecule has 0 aliphatic rings. The molecule has 0 radical (unpaired) electrons. The van der Waals surface area contributed by atoms with Crippen molar-refractivity contribution in [1.29, 1.82) is 0 Å². The van der Waals surface area contributed by atoms with Crippen LogP contribution in [0.1, 0.15) is 0 Å². The molecule has 4 heteroatoms. The van der Waals surface area contributed by atoms with Crippen molar-refractivity contribution in [2.24, 2.45) is 0 Å². The van der Waals surface area contributed by atoms with Crippen molar-refractivity contribution in [3.8, 4) is 0 Å². The Morgan fingerprint density at radius 2 is 0.636 bits per heavy atom. The Morgan fingerprint density at radius 3 is 0.864 bits per heavy atom. The van der Waals surface area contributed by atoms with Crippen LogP contribution in [-0.2, 0) is 0 Å². The third-order valence-electron chi connectivity index (χ3n) is 3.45. The number of anilines is 3. The lowest BCUT2D eigenvalue weighted by atomic mass is 10.3. The molecule has 0 amide bonds. The van der Waals surface area contributed by atoms with E-state index in [1.54, 1.807) is 0 Å². The molecule has 110 valence electrons. The highest BCUT2D eigenvalue weighted by Gasteiger charge is 2.16. The van der Waals surface area contributed by atoms with Gasteiger partial charge >= 0.3 is 0 Å². The summed E-state index contributed by atoms with van der Waals surface area (Å²) in [5.74, 6) is 0. The molecule has 3 aromatic carbocycles. The predicted octanol–water partition coefficient (Wildman–Crippen LogP) is 2.19. The molecule has 0 unspecified atom stereocenters. The summed E-state index contributed by atoms with van der Waals surface area (Å²) in [5, 5.41) is 3.75. The minimum atomic E-state index is -0.650. The van der Waals surface area contributed by atoms with E-state index in [4.69, 9.17) is 17.2 Å². The van der Waals surface area contributed by atoms with E-state index in [1.807, 2.05) is 36.4 Å². The zero-order valence-electron chi connectivity index (χ0n) is 12.1. The zero-order valence-corrected chi connectivity index (χ0v) is 13.0. The average Bonchev–Trinajstić information content (AvgIpc) is 2.53. The largest absolute Gasteiger partial charge is 0.399 e. The zero-order chi connectivity index (χ0) is 15.5. The van der Waals surface area contributed by atoms with Crippen LogP contribution < -0.4 is 33.1 Å². The smallest absolute Gasteiger partial charge is 0.0314 e. The van der Waals surface area contributed by atoms with Crippen molar-refractivity contribution < 1.29 is 0 Å². The summed E-state index contributed by atoms with van der Waals surface area (Å²) in [5.41, 5.74) is 19.8. The highest BCUT2D eigenvalue weighted by molar-refractivity contribution is 7.79. The Bertz CT molecular complexity index is 642. The Kier molecular flexibility index (Phi) is 3.99. The first-order valence-corrected chi connectivity index (χ1v) is 8.34. The summed E-state index contributed by atoms with van der Waals surface area (Å²) in [4.78, 5) is 0. The Morgan fingerprint density at radius 1 is 0.409 bits per heavy atom. The van der Waals surface area contributed by atoms with Gasteiger partial charge in [-0.1, -0.05) is 36.4 Å². The molecule has 0 aliphatic carbocycles. The van der Waals surface area contributed by atoms with Crippen molar-refractivity contribution in [2.45, 2.75) is 0 Å². The third kappa shape index (κ3) is 3.05. The first-order chi connectivity index (χ1) is 10.6. The van der Waals surface area contributed by atoms with E-state index in [-0.39, 0.29) is 0 Å². The van der Waals surface area contributed by atoms with Crippen LogP contribution in [0.2, 0.25) is 0 Å². The van der Waals surface area contributed by atoms with Gasteiger partial charge in [0, 0.05) is 17.1 Å². The molecule has 22 heavy (non-hydrogen) atoms. The molecular weight excluding hydrogens is 289 g/mol. The highest BCUT2D eigenvalue weighted by Crippen LogP contribution is 2.33. The van der Waals surface area contributed by atoms with E-state index in [2.05, 4.69) is 36.4 Å². The molecule has 0 heterocycles. The molecule has 0 fully saturated rings. The highest BCUT2D eigenvalue weighted by atomic mass is 31.1. The normalized spacial score (nSPS) is 10.8. The maximum Gasteiger partial charge on any atom is 0.0314 e. The summed E-state index contributed by atoms with van der Waals surface area (Å²) in [7, 11) is -0.650. The molecule has 3 aromatic rings. The fraction of sp³-hybridized carbons (Fsp3) is 0. The van der Waals surface area contributed by atoms with Crippen LogP contribution in [0.3, 0.4) is 0 Å². The Hall–Kier alpha value is -2.51. The quantitative estimate of drug-likeness (QED) is 0.513. The SMILES string of the molecule is Nc1ccc(P(c2ccc(N)cc2)c2ccc(N)cc2)cc1. The first kappa shape index (κ1) is 14.4. The third-order valence-corrected chi connectivity index (χ3v) is 5.90. The minimum absolute atomic E-state index is 0.650. The minimum Gasteiger partial charge on any atom is -0.399 e. The summed E-state index contributed by atoms with van der Waals surface area (Å²) in [6.45, 7) is 0. The average molecular weight is 307 g/mol. The fourth-order valence-corrected chi connectivity index (χ4v) is 4.55. The van der Waals surface area contributed by atoms with Crippen LogP contribution >= 0.6 is 7.92 Å². The van der Waals surface area contributed by atoms with Crippen molar-refractivity contribution in [2.75, 3.05) is 17.2 Å². The number of benzene rings is 3. The lowest BCUT2D eigenvalue weighted by Crippen LogP contribution is -2.20. The Labute approximate surface area is 131 Å². The second-order valence-electron chi connectivity index (χ2n) is 5.11. The molecule has 0 atom stereocenters. The topological polar surface area (TPSA) is 78.1 Å². The van der Waals surface area contributed by atoms with E-state index in [0.29, 0.717) is 0 Å². The molecular formula is C18H18N3P. The van der Waals surface area contributed by atoms with Gasteiger partial charge in [0.15, 0.2) is 0 Å². The van der Waals surface area contributed by atoms with Crippen LogP contribution in [0.25, 0.3) is 0 Å². The maximum atomic E-state index is 5.82. The summed E-state index contributed by atoms with van der Waals surface area (Å²) >= 11 is 0. The molecule has 0 aliphatic heterocycles. The number of hydrogen-bond donors (Lipinski definition) is 3. The molecule has 6 N–H and O–H groups in total. The second kappa shape index (κ2) is 6.08. The van der Waals surface area contributed by atoms with Crippen molar-refractivity contribution in [3.63, 3.8) is 0 Å². The molecule has 3 rings (SSSR count). The molecule has 3 nitrogen and oxygen atoms in total. The van der Waals surface area contributed by atoms with Gasteiger partial charge in [0.25, 0.3) is 0 Å². The van der Waals surface area contributed by atoms with Crippen molar-refractivity contribution >= 4 is 40.9 Å². The first-order valence-electron chi connectivity index (χ1n) is 7.00. The fourth-order valence-electron chi connectivity index (χ4n) is 2.32. The van der Waals surface area contributed by atoms with Gasteiger partial charge in [-0.2, -0.15) is 0 Å². The Balaban J connectivity index is 2.10.